The Morgan fingerprint density at radius 1 is 0.423 bits per heavy atom. The average molecular weight is 2070 g/mol. The van der Waals surface area contributed by atoms with Crippen molar-refractivity contribution in [3.63, 3.8) is 0 Å². The summed E-state index contributed by atoms with van der Waals surface area (Å²) in [5, 5.41) is 19.8. The molecular weight excluding hydrogens is 1980 g/mol. The van der Waals surface area contributed by atoms with Crippen LogP contribution in [-0.4, -0.2) is 277 Å². The van der Waals surface area contributed by atoms with Crippen LogP contribution in [0.2, 0.25) is 0 Å². The van der Waals surface area contributed by atoms with Crippen LogP contribution in [0.1, 0.15) is 98.8 Å². The van der Waals surface area contributed by atoms with Gasteiger partial charge in [0, 0.05) is 93.3 Å². The van der Waals surface area contributed by atoms with E-state index in [9.17, 15) is 145 Å². The first-order valence-corrected chi connectivity index (χ1v) is 51.0. The Kier molecular flexibility index (Phi) is 28.7. The second-order valence-corrected chi connectivity index (χ2v) is 47.1. The van der Waals surface area contributed by atoms with Crippen LogP contribution in [0.25, 0.3) is 0 Å². The van der Waals surface area contributed by atoms with Crippen molar-refractivity contribution in [2.24, 2.45) is 82.9 Å². The minimum Gasteiger partial charge on any atom is -0.458 e. The number of nitrogens with zero attached hydrogens (tertiary/aromatic N) is 2. The number of amides is 2. The van der Waals surface area contributed by atoms with E-state index < -0.39 is 322 Å². The van der Waals surface area contributed by atoms with Crippen molar-refractivity contribution in [2.45, 2.75) is 214 Å². The lowest BCUT2D eigenvalue weighted by Gasteiger charge is -2.33. The molecule has 137 heavy (non-hydrogen) atoms. The molecule has 32 atom stereocenters. The highest BCUT2D eigenvalue weighted by atomic mass is 32.2. The molecule has 6 heterocycles. The number of halogens is 6. The van der Waals surface area contributed by atoms with E-state index in [0.29, 0.717) is 38.5 Å². The molecule has 2 N–H and O–H groups in total. The smallest absolute Gasteiger partial charge is 0.410 e. The minimum atomic E-state index is -4.97. The Hall–Kier alpha value is -9.90. The fraction of sp³-hybridized carbons (Fsp3) is 0.679. The van der Waals surface area contributed by atoms with Crippen molar-refractivity contribution >= 4 is 132 Å². The Balaban J connectivity index is 0.000000139. The van der Waals surface area contributed by atoms with Crippen molar-refractivity contribution < 1.29 is 207 Å². The topological polar surface area (TPSA) is 629 Å². The Labute approximate surface area is 778 Å². The van der Waals surface area contributed by atoms with Crippen molar-refractivity contribution in [1.29, 1.82) is 10.5 Å². The number of hydrogen-bond donors (Lipinski definition) is 2. The number of rotatable bonds is 24. The van der Waals surface area contributed by atoms with Crippen LogP contribution in [0.3, 0.4) is 0 Å². The molecule has 32 unspecified atom stereocenters. The van der Waals surface area contributed by atoms with Gasteiger partial charge in [0.25, 0.3) is 60.7 Å². The molecule has 56 heteroatoms. The largest absolute Gasteiger partial charge is 0.458 e. The highest BCUT2D eigenvalue weighted by Gasteiger charge is 2.84. The van der Waals surface area contributed by atoms with Gasteiger partial charge in [0.2, 0.25) is 11.8 Å². The molecule has 12 bridgehead atoms. The first-order chi connectivity index (χ1) is 63.5. The zero-order chi connectivity index (χ0) is 101. The third-order valence-electron chi connectivity index (χ3n) is 28.2. The van der Waals surface area contributed by atoms with Crippen LogP contribution >= 0.6 is 0 Å². The summed E-state index contributed by atoms with van der Waals surface area (Å²) in [6.45, 7) is 24.0. The van der Waals surface area contributed by atoms with Crippen LogP contribution in [0.4, 0.5) is 26.3 Å². The van der Waals surface area contributed by atoms with Crippen LogP contribution in [-0.2, 0) is 191 Å². The van der Waals surface area contributed by atoms with Gasteiger partial charge in [-0.3, -0.25) is 44.3 Å². The van der Waals surface area contributed by atoms with Crippen LogP contribution in [0.5, 0.6) is 0 Å². The molecule has 2 amide bonds. The van der Waals surface area contributed by atoms with Gasteiger partial charge in [-0.15, -0.1) is 0 Å². The van der Waals surface area contributed by atoms with E-state index in [2.05, 4.69) is 63.8 Å². The molecule has 18 aliphatic rings. The number of nitrogens with one attached hydrogen (secondary N) is 2. The van der Waals surface area contributed by atoms with E-state index in [1.54, 1.807) is 6.92 Å². The van der Waals surface area contributed by atoms with Gasteiger partial charge in [-0.2, -0.15) is 87.4 Å². The molecule has 12 saturated carbocycles. The number of alkyl halides is 6. The lowest BCUT2D eigenvalue weighted by Crippen LogP contribution is -2.54. The first kappa shape index (κ1) is 104. The van der Waals surface area contributed by atoms with E-state index in [-0.39, 0.29) is 96.1 Å². The summed E-state index contributed by atoms with van der Waals surface area (Å²) in [6.07, 6.45) is -14.8. The molecule has 44 nitrogen and oxygen atoms in total. The van der Waals surface area contributed by atoms with E-state index in [1.807, 2.05) is 12.1 Å². The molecule has 18 fully saturated rings. The summed E-state index contributed by atoms with van der Waals surface area (Å²) >= 11 is 0. The van der Waals surface area contributed by atoms with E-state index in [0.717, 1.165) is 12.2 Å². The number of esters is 10. The first-order valence-electron chi connectivity index (χ1n) is 42.3. The molecule has 0 radical (unpaired) electrons. The Morgan fingerprint density at radius 2 is 0.818 bits per heavy atom. The number of carbonyl (C=O) groups excluding carboxylic acids is 12. The SMILES string of the molecule is C=C(C)C(=O)OCC(=O)OC1C2CC3C1OS(=O)(=O)C3(C#N)C2.C=C(C)C(=O)OCC(=O)OC1C2CC3C1OS(=O)(=O)C3(C(F)(F)F)C2.C=C(C)C(=O)OCC(=O)OC1C2CC3C1OS(=O)(=O)C3C2C#N.C=C(C)C(=O)OCC(=O)OC1C2CC3C1OS(=O)(=O)C3C2C(F)(F)F.C=CC(=O)NCC(=O)OC1C2CC3C(C2)S(=O)(=O)OC31C.C=CC(=O)NCC(=O)OC1C2CC3C1OS(=O)(=O)C3C2. The van der Waals surface area contributed by atoms with Gasteiger partial charge in [-0.1, -0.05) is 39.5 Å². The molecule has 6 saturated heterocycles. The maximum Gasteiger partial charge on any atom is 0.410 e. The predicted octanol–water partition coefficient (Wildman–Crippen LogP) is 1.05. The molecular formula is C81H92F6N4O40S6. The van der Waals surface area contributed by atoms with Crippen molar-refractivity contribution in [3.8, 4) is 12.1 Å². The van der Waals surface area contributed by atoms with Gasteiger partial charge in [0.15, 0.2) is 35.9 Å². The molecule has 0 aromatic carbocycles. The summed E-state index contributed by atoms with van der Waals surface area (Å²) in [5.41, 5.74) is -0.562. The third kappa shape index (κ3) is 19.1. The highest BCUT2D eigenvalue weighted by Crippen LogP contribution is 2.69. The molecule has 18 rings (SSSR count). The van der Waals surface area contributed by atoms with E-state index in [1.165, 1.54) is 27.7 Å². The lowest BCUT2D eigenvalue weighted by molar-refractivity contribution is -0.204. The Morgan fingerprint density at radius 3 is 1.28 bits per heavy atom. The highest BCUT2D eigenvalue weighted by molar-refractivity contribution is 7.89. The lowest BCUT2D eigenvalue weighted by atomic mass is 9.83. The maximum absolute atomic E-state index is 13.4. The van der Waals surface area contributed by atoms with Gasteiger partial charge in [-0.05, 0) is 111 Å². The van der Waals surface area contributed by atoms with Crippen LogP contribution in [0, 0.1) is 106 Å². The van der Waals surface area contributed by atoms with Gasteiger partial charge < -0.3 is 58.0 Å². The molecule has 754 valence electrons. The fourth-order valence-electron chi connectivity index (χ4n) is 22.9. The number of ether oxygens (including phenoxy) is 10. The predicted molar refractivity (Wildman–Crippen MR) is 435 cm³/mol. The summed E-state index contributed by atoms with van der Waals surface area (Å²) in [5.74, 6) is -17.5. The normalized spacial score (nSPS) is 39.0. The maximum atomic E-state index is 13.4. The summed E-state index contributed by atoms with van der Waals surface area (Å²) in [4.78, 5) is 137. The standard InChI is InChI=1S/2C14H15F3O7S.2C14H15NO7S.C13H17NO6S.C12H15NO6S/c1-6(2)12(19)22-5-9(18)23-10-7-3-8-11(10)24-25(20,21)13(8,4-7)14(15,16)17;1-5(2)13(19)22-4-8(18)23-10-6-3-7-11(10)24-25(20,21)12(7)9(6)14(15,16)17;1-7(2)13(17)20-5-10(16)21-11-8-3-9-12(11)22-23(18,19)14(9,4-8)6-15;1-6(2)14(17)20-5-10(16)21-11-7-3-8-12(11)22-23(18,19)13(8)9(7)4-15;1-3-10(15)14-6-11(16)19-12-7-4-8-9(5-7)21(17,18)20-13(8,12)2;1-2-9(14)13-5-10(15)18-11-6-3-7-8(4-6)20(16,17)19-12(7)11/h7-8,10-11H,1,3-5H2,2H3;6-7,9-12H,1,3-4H2,2H3;8-9,11-12H,1,3-5H2,2H3;7-9,11-13H,1,3,5H2,2H3;3,7-9,12H,1,4-6H2,2H3,(H,14,15);2,6-8,11-12H,1,3-5H2,(H,13,14). The molecule has 6 aliphatic heterocycles. The fourth-order valence-corrected chi connectivity index (χ4v) is 34.8. The monoisotopic (exact) mass is 2070 g/mol. The number of carbonyl (C=O) groups is 12. The van der Waals surface area contributed by atoms with Crippen LogP contribution in [0.15, 0.2) is 73.9 Å². The van der Waals surface area contributed by atoms with E-state index in [4.69, 9.17) is 58.8 Å². The van der Waals surface area contributed by atoms with Gasteiger partial charge >= 0.3 is 72.0 Å². The second kappa shape index (κ2) is 37.6. The van der Waals surface area contributed by atoms with Gasteiger partial charge in [0.05, 0.1) is 34.5 Å². The molecule has 0 spiro atoms. The molecule has 0 aromatic heterocycles. The quantitative estimate of drug-likeness (QED) is 0.0448. The average Bonchev–Trinajstić information content (AvgIpc) is 1.49. The van der Waals surface area contributed by atoms with Crippen molar-refractivity contribution in [1.82, 2.24) is 10.6 Å². The second-order valence-electron chi connectivity index (χ2n) is 36.5. The van der Waals surface area contributed by atoms with Crippen LogP contribution < -0.4 is 10.6 Å². The number of nitriles is 2. The number of hydrogen-bond acceptors (Lipinski definition) is 42. The molecule has 0 aromatic rings. The van der Waals surface area contributed by atoms with Gasteiger partial charge in [-0.25, -0.2) is 38.4 Å². The van der Waals surface area contributed by atoms with Crippen molar-refractivity contribution in [2.75, 3.05) is 39.5 Å². The molecule has 12 aliphatic carbocycles. The summed E-state index contributed by atoms with van der Waals surface area (Å²) in [6, 6.07) is 3.88. The van der Waals surface area contributed by atoms with E-state index >= 15 is 0 Å². The Bertz CT molecular complexity index is 5960. The summed E-state index contributed by atoms with van der Waals surface area (Å²) < 4.78 is 299. The summed E-state index contributed by atoms with van der Waals surface area (Å²) in [7, 11) is -24.1. The zero-order valence-corrected chi connectivity index (χ0v) is 77.8. The zero-order valence-electron chi connectivity index (χ0n) is 72.9. The van der Waals surface area contributed by atoms with Crippen molar-refractivity contribution in [3.05, 3.63) is 73.9 Å². The van der Waals surface area contributed by atoms with Gasteiger partial charge in [0.1, 0.15) is 96.3 Å². The number of fused-ring (bicyclic) bond motifs is 6. The minimum absolute atomic E-state index is 0.00123. The third-order valence-corrected chi connectivity index (χ3v) is 39.5.